The Morgan fingerprint density at radius 3 is 2.31 bits per heavy atom. The van der Waals surface area contributed by atoms with Gasteiger partial charge in [-0.25, -0.2) is 4.79 Å². The lowest BCUT2D eigenvalue weighted by Crippen LogP contribution is -2.52. The standard InChI is InChI=1S/C24H39N3O5/c1-7-9-12-15-25-21(29)20(18-13-10-11-14-19(18)28)27(16-8-2)22(30)17(3)26-23(31)32-24(4,5)6/h10-11,13-14,17,20,28H,7-9,12,15-16H2,1-6H3,(H,25,29)(H,26,31). The van der Waals surface area contributed by atoms with Gasteiger partial charge in [0.05, 0.1) is 0 Å². The van der Waals surface area contributed by atoms with E-state index in [9.17, 15) is 19.5 Å². The molecule has 0 aliphatic rings. The van der Waals surface area contributed by atoms with Crippen molar-refractivity contribution < 1.29 is 24.2 Å². The van der Waals surface area contributed by atoms with Gasteiger partial charge in [0.25, 0.3) is 0 Å². The van der Waals surface area contributed by atoms with Crippen molar-refractivity contribution in [1.29, 1.82) is 0 Å². The van der Waals surface area contributed by atoms with Crippen LogP contribution in [0.4, 0.5) is 4.79 Å². The first-order valence-corrected chi connectivity index (χ1v) is 11.4. The van der Waals surface area contributed by atoms with Gasteiger partial charge in [0.1, 0.15) is 23.4 Å². The fourth-order valence-electron chi connectivity index (χ4n) is 3.25. The second kappa shape index (κ2) is 12.9. The zero-order valence-corrected chi connectivity index (χ0v) is 20.2. The lowest BCUT2D eigenvalue weighted by Gasteiger charge is -2.33. The normalized spacial score (nSPS) is 13.1. The summed E-state index contributed by atoms with van der Waals surface area (Å²) < 4.78 is 5.25. The number of hydrogen-bond donors (Lipinski definition) is 3. The van der Waals surface area contributed by atoms with E-state index in [0.717, 1.165) is 19.3 Å². The number of unbranched alkanes of at least 4 members (excludes halogenated alkanes) is 2. The molecule has 0 spiro atoms. The zero-order valence-electron chi connectivity index (χ0n) is 20.2. The summed E-state index contributed by atoms with van der Waals surface area (Å²) in [4.78, 5) is 40.1. The molecule has 32 heavy (non-hydrogen) atoms. The molecule has 3 amide bonds. The van der Waals surface area contributed by atoms with E-state index in [1.807, 2.05) is 6.92 Å². The molecule has 0 bridgehead atoms. The molecule has 0 radical (unpaired) electrons. The Bertz CT molecular complexity index is 760. The molecule has 0 saturated heterocycles. The number of aromatic hydroxyl groups is 1. The van der Waals surface area contributed by atoms with Gasteiger partial charge in [-0.3, -0.25) is 9.59 Å². The van der Waals surface area contributed by atoms with Gasteiger partial charge in [-0.1, -0.05) is 44.9 Å². The number of amides is 3. The van der Waals surface area contributed by atoms with Crippen LogP contribution in [0.1, 0.15) is 78.8 Å². The number of para-hydroxylation sites is 1. The first-order chi connectivity index (χ1) is 15.0. The lowest BCUT2D eigenvalue weighted by atomic mass is 10.0. The molecule has 0 aliphatic carbocycles. The van der Waals surface area contributed by atoms with E-state index >= 15 is 0 Å². The van der Waals surface area contributed by atoms with Crippen molar-refractivity contribution in [2.75, 3.05) is 13.1 Å². The highest BCUT2D eigenvalue weighted by atomic mass is 16.6. The number of benzene rings is 1. The fraction of sp³-hybridized carbons (Fsp3) is 0.625. The maximum Gasteiger partial charge on any atom is 0.408 e. The number of alkyl carbamates (subject to hydrolysis) is 1. The molecule has 8 heteroatoms. The largest absolute Gasteiger partial charge is 0.508 e. The number of nitrogens with zero attached hydrogens (tertiary/aromatic N) is 1. The molecule has 1 aromatic carbocycles. The number of phenolic OH excluding ortho intramolecular Hbond substituents is 1. The maximum atomic E-state index is 13.3. The van der Waals surface area contributed by atoms with Gasteiger partial charge in [-0.15, -0.1) is 0 Å². The summed E-state index contributed by atoms with van der Waals surface area (Å²) in [7, 11) is 0. The van der Waals surface area contributed by atoms with Crippen molar-refractivity contribution in [2.24, 2.45) is 0 Å². The molecule has 0 fully saturated rings. The van der Waals surface area contributed by atoms with Crippen LogP contribution in [-0.4, -0.2) is 52.6 Å². The molecular weight excluding hydrogens is 410 g/mol. The Hall–Kier alpha value is -2.77. The van der Waals surface area contributed by atoms with Gasteiger partial charge in [-0.2, -0.15) is 0 Å². The van der Waals surface area contributed by atoms with Crippen LogP contribution < -0.4 is 10.6 Å². The van der Waals surface area contributed by atoms with E-state index in [2.05, 4.69) is 17.6 Å². The summed E-state index contributed by atoms with van der Waals surface area (Å²) in [6.07, 6.45) is 2.72. The third-order valence-electron chi connectivity index (χ3n) is 4.72. The highest BCUT2D eigenvalue weighted by Crippen LogP contribution is 2.29. The van der Waals surface area contributed by atoms with E-state index in [4.69, 9.17) is 4.74 Å². The third-order valence-corrected chi connectivity index (χ3v) is 4.72. The summed E-state index contributed by atoms with van der Waals surface area (Å²) in [5.74, 6) is -0.869. The molecular formula is C24H39N3O5. The number of hydrogen-bond acceptors (Lipinski definition) is 5. The minimum atomic E-state index is -1.02. The highest BCUT2D eigenvalue weighted by Gasteiger charge is 2.35. The van der Waals surface area contributed by atoms with E-state index in [-0.39, 0.29) is 18.2 Å². The fourth-order valence-corrected chi connectivity index (χ4v) is 3.25. The summed E-state index contributed by atoms with van der Waals surface area (Å²) >= 11 is 0. The smallest absolute Gasteiger partial charge is 0.408 e. The quantitative estimate of drug-likeness (QED) is 0.444. The van der Waals surface area contributed by atoms with Gasteiger partial charge in [0.15, 0.2) is 0 Å². The van der Waals surface area contributed by atoms with Crippen LogP contribution in [0.3, 0.4) is 0 Å². The van der Waals surface area contributed by atoms with Crippen LogP contribution in [0.2, 0.25) is 0 Å². The van der Waals surface area contributed by atoms with E-state index < -0.39 is 29.7 Å². The van der Waals surface area contributed by atoms with Gasteiger partial charge in [0.2, 0.25) is 11.8 Å². The topological polar surface area (TPSA) is 108 Å². The monoisotopic (exact) mass is 449 g/mol. The Balaban J connectivity index is 3.17. The molecule has 0 heterocycles. The minimum absolute atomic E-state index is 0.0668. The molecule has 1 rings (SSSR count). The van der Waals surface area contributed by atoms with E-state index in [1.165, 1.54) is 11.0 Å². The van der Waals surface area contributed by atoms with Crippen LogP contribution in [-0.2, 0) is 14.3 Å². The second-order valence-electron chi connectivity index (χ2n) is 8.86. The molecule has 180 valence electrons. The Morgan fingerprint density at radius 2 is 1.75 bits per heavy atom. The van der Waals surface area contributed by atoms with E-state index in [0.29, 0.717) is 18.5 Å². The first-order valence-electron chi connectivity index (χ1n) is 11.4. The molecule has 2 unspecified atom stereocenters. The molecule has 3 N–H and O–H groups in total. The number of rotatable bonds is 11. The molecule has 8 nitrogen and oxygen atoms in total. The zero-order chi connectivity index (χ0) is 24.3. The Morgan fingerprint density at radius 1 is 1.09 bits per heavy atom. The van der Waals surface area contributed by atoms with Crippen molar-refractivity contribution in [3.05, 3.63) is 29.8 Å². The Kier molecular flexibility index (Phi) is 11.0. The molecule has 1 aromatic rings. The number of ether oxygens (including phenoxy) is 1. The predicted molar refractivity (Wildman–Crippen MR) is 124 cm³/mol. The van der Waals surface area contributed by atoms with Crippen molar-refractivity contribution in [2.45, 2.75) is 84.9 Å². The van der Waals surface area contributed by atoms with Crippen molar-refractivity contribution in [1.82, 2.24) is 15.5 Å². The van der Waals surface area contributed by atoms with Gasteiger partial charge in [0, 0.05) is 18.7 Å². The van der Waals surface area contributed by atoms with Crippen LogP contribution in [0, 0.1) is 0 Å². The predicted octanol–water partition coefficient (Wildman–Crippen LogP) is 3.89. The van der Waals surface area contributed by atoms with E-state index in [1.54, 1.807) is 45.9 Å². The van der Waals surface area contributed by atoms with Crippen LogP contribution >= 0.6 is 0 Å². The van der Waals surface area contributed by atoms with Crippen molar-refractivity contribution in [3.63, 3.8) is 0 Å². The first kappa shape index (κ1) is 27.3. The lowest BCUT2D eigenvalue weighted by molar-refractivity contribution is -0.142. The number of nitrogens with one attached hydrogen (secondary N) is 2. The van der Waals surface area contributed by atoms with Crippen LogP contribution in [0.25, 0.3) is 0 Å². The Labute approximate surface area is 191 Å². The van der Waals surface area contributed by atoms with Crippen LogP contribution in [0.5, 0.6) is 5.75 Å². The summed E-state index contributed by atoms with van der Waals surface area (Å²) in [5, 5.41) is 15.9. The number of phenols is 1. The van der Waals surface area contributed by atoms with Crippen molar-refractivity contribution in [3.8, 4) is 5.75 Å². The van der Waals surface area contributed by atoms with Gasteiger partial charge in [-0.05, 0) is 46.6 Å². The molecule has 0 saturated carbocycles. The SMILES string of the molecule is CCCCCNC(=O)C(c1ccccc1O)N(CCC)C(=O)C(C)NC(=O)OC(C)(C)C. The number of carbonyl (C=O) groups excluding carboxylic acids is 3. The molecule has 0 aromatic heterocycles. The summed E-state index contributed by atoms with van der Waals surface area (Å²) in [6, 6.07) is 4.56. The second-order valence-corrected chi connectivity index (χ2v) is 8.86. The van der Waals surface area contributed by atoms with Crippen molar-refractivity contribution >= 4 is 17.9 Å². The molecule has 2 atom stereocenters. The van der Waals surface area contributed by atoms with Crippen LogP contribution in [0.15, 0.2) is 24.3 Å². The summed E-state index contributed by atoms with van der Waals surface area (Å²) in [6.45, 7) is 11.5. The minimum Gasteiger partial charge on any atom is -0.508 e. The van der Waals surface area contributed by atoms with Gasteiger partial charge < -0.3 is 25.4 Å². The summed E-state index contributed by atoms with van der Waals surface area (Å²) in [5.41, 5.74) is -0.362. The average molecular weight is 450 g/mol. The van der Waals surface area contributed by atoms with Gasteiger partial charge >= 0.3 is 6.09 Å². The average Bonchev–Trinajstić information content (AvgIpc) is 2.70. The third kappa shape index (κ3) is 8.77. The number of carbonyl (C=O) groups is 3. The molecule has 0 aliphatic heterocycles. The highest BCUT2D eigenvalue weighted by molar-refractivity contribution is 5.92. The maximum absolute atomic E-state index is 13.3.